The van der Waals surface area contributed by atoms with Crippen LogP contribution < -0.4 is 4.74 Å². The molecule has 0 aliphatic heterocycles. The molecule has 0 saturated heterocycles. The van der Waals surface area contributed by atoms with Crippen LogP contribution in [0.15, 0.2) is 12.1 Å². The van der Waals surface area contributed by atoms with E-state index >= 15 is 0 Å². The Morgan fingerprint density at radius 2 is 1.93 bits per heavy atom. The van der Waals surface area contributed by atoms with E-state index in [-0.39, 0.29) is 5.56 Å². The fourth-order valence-corrected chi connectivity index (χ4v) is 0.866. The Bertz CT molecular complexity index is 400. The van der Waals surface area contributed by atoms with Gasteiger partial charge in [-0.25, -0.2) is 8.78 Å². The molecule has 3 nitrogen and oxygen atoms in total. The van der Waals surface area contributed by atoms with Crippen molar-refractivity contribution in [1.82, 2.24) is 0 Å². The summed E-state index contributed by atoms with van der Waals surface area (Å²) in [5, 5.41) is 8.37. The Kier molecular flexibility index (Phi) is 2.77. The molecule has 1 aromatic carbocycles. The maximum atomic E-state index is 13.0. The van der Waals surface area contributed by atoms with Gasteiger partial charge in [0.25, 0.3) is 0 Å². The normalized spacial score (nSPS) is 9.29. The second kappa shape index (κ2) is 3.83. The molecule has 14 heavy (non-hydrogen) atoms. The van der Waals surface area contributed by atoms with Crippen molar-refractivity contribution in [1.29, 1.82) is 5.26 Å². The average Bonchev–Trinajstić information content (AvgIpc) is 2.10. The number of esters is 1. The number of hydrogen-bond acceptors (Lipinski definition) is 3. The number of nitrogens with zero attached hydrogens (tertiary/aromatic N) is 1. The number of nitriles is 1. The number of hydrogen-bond donors (Lipinski definition) is 0. The molecule has 1 rings (SSSR count). The average molecular weight is 197 g/mol. The topological polar surface area (TPSA) is 50.1 Å². The number of ether oxygens (including phenoxy) is 1. The molecule has 0 heterocycles. The fraction of sp³-hybridized carbons (Fsp3) is 0.111. The largest absolute Gasteiger partial charge is 0.420 e. The Balaban J connectivity index is 3.19. The molecule has 0 amide bonds. The molecule has 0 fully saturated rings. The van der Waals surface area contributed by atoms with Gasteiger partial charge in [-0.1, -0.05) is 0 Å². The van der Waals surface area contributed by atoms with Crippen molar-refractivity contribution >= 4 is 5.97 Å². The van der Waals surface area contributed by atoms with Crippen molar-refractivity contribution in [2.24, 2.45) is 0 Å². The van der Waals surface area contributed by atoms with Crippen LogP contribution in [0, 0.1) is 23.0 Å². The Hall–Kier alpha value is -1.96. The summed E-state index contributed by atoms with van der Waals surface area (Å²) < 4.78 is 30.3. The molecular formula is C9H5F2NO2. The fourth-order valence-electron chi connectivity index (χ4n) is 0.866. The predicted molar refractivity (Wildman–Crippen MR) is 42.4 cm³/mol. The first-order valence-electron chi connectivity index (χ1n) is 3.62. The van der Waals surface area contributed by atoms with E-state index in [4.69, 9.17) is 5.26 Å². The molecule has 0 bridgehead atoms. The van der Waals surface area contributed by atoms with Crippen LogP contribution in [-0.4, -0.2) is 5.97 Å². The van der Waals surface area contributed by atoms with E-state index < -0.39 is 23.4 Å². The quantitative estimate of drug-likeness (QED) is 0.509. The smallest absolute Gasteiger partial charge is 0.308 e. The van der Waals surface area contributed by atoms with Gasteiger partial charge < -0.3 is 4.74 Å². The van der Waals surface area contributed by atoms with Crippen LogP contribution in [-0.2, 0) is 4.79 Å². The number of rotatable bonds is 1. The summed E-state index contributed by atoms with van der Waals surface area (Å²) in [5.41, 5.74) is -0.170. The summed E-state index contributed by atoms with van der Waals surface area (Å²) >= 11 is 0. The zero-order valence-corrected chi connectivity index (χ0v) is 7.17. The van der Waals surface area contributed by atoms with Gasteiger partial charge in [0, 0.05) is 6.92 Å². The molecule has 0 aliphatic carbocycles. The van der Waals surface area contributed by atoms with Crippen molar-refractivity contribution in [2.75, 3.05) is 0 Å². The lowest BCUT2D eigenvalue weighted by Gasteiger charge is -2.03. The first kappa shape index (κ1) is 10.1. The first-order chi connectivity index (χ1) is 6.54. The third kappa shape index (κ3) is 2.04. The zero-order chi connectivity index (χ0) is 10.7. The maximum absolute atomic E-state index is 13.0. The molecule has 0 saturated carbocycles. The predicted octanol–water partition coefficient (Wildman–Crippen LogP) is 1.76. The lowest BCUT2D eigenvalue weighted by Crippen LogP contribution is -2.05. The van der Waals surface area contributed by atoms with Crippen molar-refractivity contribution in [3.8, 4) is 11.8 Å². The molecule has 0 radical (unpaired) electrons. The van der Waals surface area contributed by atoms with Crippen LogP contribution in [0.5, 0.6) is 5.75 Å². The third-order valence-corrected chi connectivity index (χ3v) is 1.37. The molecule has 0 N–H and O–H groups in total. The molecule has 5 heteroatoms. The highest BCUT2D eigenvalue weighted by Crippen LogP contribution is 2.22. The summed E-state index contributed by atoms with van der Waals surface area (Å²) in [6, 6.07) is 3.15. The standard InChI is InChI=1S/C9H5F2NO2/c1-5(13)14-9-7(10)2-6(4-12)3-8(9)11/h2-3H,1H3. The van der Waals surface area contributed by atoms with E-state index in [2.05, 4.69) is 4.74 Å². The van der Waals surface area contributed by atoms with Gasteiger partial charge in [0.05, 0.1) is 11.6 Å². The summed E-state index contributed by atoms with van der Waals surface area (Å²) in [6.45, 7) is 1.02. The monoisotopic (exact) mass is 197 g/mol. The van der Waals surface area contributed by atoms with Gasteiger partial charge in [0.15, 0.2) is 11.6 Å². The van der Waals surface area contributed by atoms with Gasteiger partial charge in [0.2, 0.25) is 5.75 Å². The summed E-state index contributed by atoms with van der Waals surface area (Å²) in [5.74, 6) is -3.75. The Morgan fingerprint density at radius 1 is 1.43 bits per heavy atom. The minimum atomic E-state index is -1.07. The van der Waals surface area contributed by atoms with Crippen molar-refractivity contribution in [3.05, 3.63) is 29.3 Å². The van der Waals surface area contributed by atoms with Crippen LogP contribution in [0.1, 0.15) is 12.5 Å². The molecule has 0 aromatic heterocycles. The molecule has 1 aromatic rings. The molecule has 0 atom stereocenters. The molecular weight excluding hydrogens is 192 g/mol. The van der Waals surface area contributed by atoms with Crippen molar-refractivity contribution in [2.45, 2.75) is 6.92 Å². The minimum Gasteiger partial charge on any atom is -0.420 e. The van der Waals surface area contributed by atoms with Gasteiger partial charge in [0.1, 0.15) is 0 Å². The van der Waals surface area contributed by atoms with Crippen LogP contribution in [0.3, 0.4) is 0 Å². The van der Waals surface area contributed by atoms with Crippen LogP contribution >= 0.6 is 0 Å². The highest BCUT2D eigenvalue weighted by Gasteiger charge is 2.14. The van der Waals surface area contributed by atoms with Gasteiger partial charge >= 0.3 is 5.97 Å². The third-order valence-electron chi connectivity index (χ3n) is 1.37. The van der Waals surface area contributed by atoms with E-state index in [1.165, 1.54) is 0 Å². The van der Waals surface area contributed by atoms with Gasteiger partial charge in [-0.05, 0) is 12.1 Å². The van der Waals surface area contributed by atoms with Crippen LogP contribution in [0.2, 0.25) is 0 Å². The highest BCUT2D eigenvalue weighted by molar-refractivity contribution is 5.69. The van der Waals surface area contributed by atoms with Crippen molar-refractivity contribution in [3.63, 3.8) is 0 Å². The van der Waals surface area contributed by atoms with E-state index in [9.17, 15) is 13.6 Å². The lowest BCUT2D eigenvalue weighted by molar-refractivity contribution is -0.132. The Labute approximate surface area is 78.5 Å². The maximum Gasteiger partial charge on any atom is 0.308 e. The van der Waals surface area contributed by atoms with E-state index in [1.54, 1.807) is 6.07 Å². The zero-order valence-electron chi connectivity index (χ0n) is 7.17. The summed E-state index contributed by atoms with van der Waals surface area (Å²) in [6.07, 6.45) is 0. The number of benzene rings is 1. The SMILES string of the molecule is CC(=O)Oc1c(F)cc(C#N)cc1F. The lowest BCUT2D eigenvalue weighted by atomic mass is 10.2. The Morgan fingerprint density at radius 3 is 2.29 bits per heavy atom. The summed E-state index contributed by atoms with van der Waals surface area (Å²) in [4.78, 5) is 10.5. The number of carbonyl (C=O) groups is 1. The summed E-state index contributed by atoms with van der Waals surface area (Å²) in [7, 11) is 0. The second-order valence-corrected chi connectivity index (χ2v) is 2.47. The molecule has 0 unspecified atom stereocenters. The number of carbonyl (C=O) groups excluding carboxylic acids is 1. The van der Waals surface area contributed by atoms with E-state index in [1.807, 2.05) is 0 Å². The highest BCUT2D eigenvalue weighted by atomic mass is 19.1. The molecule has 72 valence electrons. The van der Waals surface area contributed by atoms with Crippen LogP contribution in [0.25, 0.3) is 0 Å². The second-order valence-electron chi connectivity index (χ2n) is 2.47. The molecule has 0 spiro atoms. The van der Waals surface area contributed by atoms with Gasteiger partial charge in [-0.2, -0.15) is 5.26 Å². The minimum absolute atomic E-state index is 0.170. The van der Waals surface area contributed by atoms with E-state index in [0.29, 0.717) is 0 Å². The van der Waals surface area contributed by atoms with Gasteiger partial charge in [-0.3, -0.25) is 4.79 Å². The van der Waals surface area contributed by atoms with Crippen molar-refractivity contribution < 1.29 is 18.3 Å². The van der Waals surface area contributed by atoms with Gasteiger partial charge in [-0.15, -0.1) is 0 Å². The van der Waals surface area contributed by atoms with Crippen LogP contribution in [0.4, 0.5) is 8.78 Å². The molecule has 0 aliphatic rings. The van der Waals surface area contributed by atoms with E-state index in [0.717, 1.165) is 19.1 Å². The first-order valence-corrected chi connectivity index (χ1v) is 3.62. The number of halogens is 2.